The highest BCUT2D eigenvalue weighted by Crippen LogP contribution is 2.49. The molecule has 1 amide bonds. The first-order chi connectivity index (χ1) is 7.69. The second-order valence-electron chi connectivity index (χ2n) is 5.48. The fraction of sp³-hybridized carbons (Fsp3) is 0.462. The van der Waals surface area contributed by atoms with Crippen molar-refractivity contribution in [2.45, 2.75) is 33.1 Å². The van der Waals surface area contributed by atoms with Gasteiger partial charge >= 0.3 is 0 Å². The molecule has 0 saturated carbocycles. The molecule has 4 heteroatoms. The molecule has 2 nitrogen and oxygen atoms in total. The molecule has 1 aliphatic rings. The minimum absolute atomic E-state index is 0.0284. The first kappa shape index (κ1) is 12.0. The summed E-state index contributed by atoms with van der Waals surface area (Å²) in [4.78, 5) is 12.0. The van der Waals surface area contributed by atoms with E-state index >= 15 is 0 Å². The van der Waals surface area contributed by atoms with E-state index in [1.807, 2.05) is 0 Å². The van der Waals surface area contributed by atoms with Crippen LogP contribution >= 0.6 is 0 Å². The normalized spacial score (nSPS) is 20.7. The number of rotatable bonds is 0. The van der Waals surface area contributed by atoms with Crippen LogP contribution in [0.3, 0.4) is 0 Å². The van der Waals surface area contributed by atoms with Crippen molar-refractivity contribution >= 4 is 11.6 Å². The largest absolute Gasteiger partial charge is 0.323 e. The van der Waals surface area contributed by atoms with Crippen LogP contribution in [0.4, 0.5) is 14.5 Å². The van der Waals surface area contributed by atoms with Gasteiger partial charge in [0.2, 0.25) is 5.91 Å². The maximum absolute atomic E-state index is 13.9. The average molecular weight is 239 g/mol. The maximum Gasteiger partial charge on any atom is 0.231 e. The lowest BCUT2D eigenvalue weighted by Crippen LogP contribution is -2.50. The standard InChI is InChI=1S/C13H15F2NO/c1-12(2)9-7(14)5-6-8(15)10(9)16-11(17)13(12,3)4/h5-6H,1-4H3,(H,16,17). The Kier molecular flexibility index (Phi) is 2.32. The van der Waals surface area contributed by atoms with Gasteiger partial charge in [0.25, 0.3) is 0 Å². The lowest BCUT2D eigenvalue weighted by molar-refractivity contribution is -0.127. The monoisotopic (exact) mass is 239 g/mol. The topological polar surface area (TPSA) is 29.1 Å². The number of hydrogen-bond acceptors (Lipinski definition) is 1. The van der Waals surface area contributed by atoms with Gasteiger partial charge in [-0.25, -0.2) is 8.78 Å². The van der Waals surface area contributed by atoms with Crippen molar-refractivity contribution in [3.05, 3.63) is 29.3 Å². The molecule has 0 aliphatic carbocycles. The van der Waals surface area contributed by atoms with Crippen LogP contribution in [0.15, 0.2) is 12.1 Å². The molecule has 2 rings (SSSR count). The zero-order chi connectivity index (χ0) is 13.0. The zero-order valence-electron chi connectivity index (χ0n) is 10.3. The fourth-order valence-electron chi connectivity index (χ4n) is 2.15. The number of carbonyl (C=O) groups excluding carboxylic acids is 1. The van der Waals surface area contributed by atoms with Gasteiger partial charge in [-0.05, 0) is 12.1 Å². The highest BCUT2D eigenvalue weighted by molar-refractivity contribution is 5.99. The number of carbonyl (C=O) groups is 1. The minimum Gasteiger partial charge on any atom is -0.323 e. The van der Waals surface area contributed by atoms with Gasteiger partial charge in [-0.2, -0.15) is 0 Å². The third kappa shape index (κ3) is 1.39. The van der Waals surface area contributed by atoms with Crippen molar-refractivity contribution in [3.8, 4) is 0 Å². The summed E-state index contributed by atoms with van der Waals surface area (Å²) in [5, 5.41) is 2.46. The Hall–Kier alpha value is -1.45. The highest BCUT2D eigenvalue weighted by Gasteiger charge is 2.50. The first-order valence-electron chi connectivity index (χ1n) is 5.49. The van der Waals surface area contributed by atoms with E-state index in [0.29, 0.717) is 0 Å². The average Bonchev–Trinajstić information content (AvgIpc) is 2.21. The van der Waals surface area contributed by atoms with E-state index in [1.54, 1.807) is 27.7 Å². The number of benzene rings is 1. The SMILES string of the molecule is CC1(C)C(=O)Nc2c(F)ccc(F)c2C1(C)C. The van der Waals surface area contributed by atoms with Crippen LogP contribution in [0.5, 0.6) is 0 Å². The molecule has 0 bridgehead atoms. The molecule has 17 heavy (non-hydrogen) atoms. The third-order valence-corrected chi connectivity index (χ3v) is 4.10. The molecule has 0 aromatic heterocycles. The molecule has 1 aromatic carbocycles. The van der Waals surface area contributed by atoms with Gasteiger partial charge in [-0.15, -0.1) is 0 Å². The van der Waals surface area contributed by atoms with Gasteiger partial charge in [-0.3, -0.25) is 4.79 Å². The lowest BCUT2D eigenvalue weighted by Gasteiger charge is -2.45. The number of amides is 1. The quantitative estimate of drug-likeness (QED) is 0.740. The summed E-state index contributed by atoms with van der Waals surface area (Å²) in [6.07, 6.45) is 0. The fourth-order valence-corrected chi connectivity index (χ4v) is 2.15. The summed E-state index contributed by atoms with van der Waals surface area (Å²) in [5.74, 6) is -1.38. The van der Waals surface area contributed by atoms with E-state index in [9.17, 15) is 13.6 Å². The molecule has 1 heterocycles. The molecular weight excluding hydrogens is 224 g/mol. The summed E-state index contributed by atoms with van der Waals surface area (Å²) < 4.78 is 27.5. The van der Waals surface area contributed by atoms with Gasteiger partial charge < -0.3 is 5.32 Å². The predicted molar refractivity (Wildman–Crippen MR) is 61.8 cm³/mol. The summed E-state index contributed by atoms with van der Waals surface area (Å²) in [5.41, 5.74) is -1.35. The van der Waals surface area contributed by atoms with E-state index in [2.05, 4.69) is 5.32 Å². The van der Waals surface area contributed by atoms with E-state index in [-0.39, 0.29) is 17.2 Å². The summed E-state index contributed by atoms with van der Waals surface area (Å²) in [6.45, 7) is 6.98. The molecule has 0 unspecified atom stereocenters. The Balaban J connectivity index is 2.80. The summed E-state index contributed by atoms with van der Waals surface area (Å²) >= 11 is 0. The van der Waals surface area contributed by atoms with Crippen molar-refractivity contribution in [1.29, 1.82) is 0 Å². The second-order valence-corrected chi connectivity index (χ2v) is 5.48. The van der Waals surface area contributed by atoms with Crippen molar-refractivity contribution in [1.82, 2.24) is 0 Å². The predicted octanol–water partition coefficient (Wildman–Crippen LogP) is 3.22. The van der Waals surface area contributed by atoms with Crippen LogP contribution in [-0.4, -0.2) is 5.91 Å². The van der Waals surface area contributed by atoms with Crippen molar-refractivity contribution < 1.29 is 13.6 Å². The van der Waals surface area contributed by atoms with Crippen molar-refractivity contribution in [2.24, 2.45) is 5.41 Å². The van der Waals surface area contributed by atoms with Crippen LogP contribution < -0.4 is 5.32 Å². The van der Waals surface area contributed by atoms with Crippen LogP contribution in [0, 0.1) is 17.0 Å². The molecule has 92 valence electrons. The van der Waals surface area contributed by atoms with Crippen LogP contribution in [-0.2, 0) is 10.2 Å². The van der Waals surface area contributed by atoms with Gasteiger partial charge in [0, 0.05) is 11.0 Å². The number of hydrogen-bond donors (Lipinski definition) is 1. The Bertz CT molecular complexity index is 506. The molecular formula is C13H15F2NO. The number of nitrogens with one attached hydrogen (secondary N) is 1. The molecule has 1 aliphatic heterocycles. The molecule has 1 aromatic rings. The minimum atomic E-state index is -0.797. The number of anilines is 1. The second kappa shape index (κ2) is 3.28. The molecule has 0 spiro atoms. The molecule has 0 saturated heterocycles. The number of fused-ring (bicyclic) bond motifs is 1. The Morgan fingerprint density at radius 3 is 2.12 bits per heavy atom. The Morgan fingerprint density at radius 1 is 1.00 bits per heavy atom. The van der Waals surface area contributed by atoms with Gasteiger partial charge in [-0.1, -0.05) is 27.7 Å². The van der Waals surface area contributed by atoms with Crippen molar-refractivity contribution in [2.75, 3.05) is 5.32 Å². The van der Waals surface area contributed by atoms with Crippen molar-refractivity contribution in [3.63, 3.8) is 0 Å². The maximum atomic E-state index is 13.9. The Labute approximate surface area is 99.0 Å². The van der Waals surface area contributed by atoms with E-state index in [1.165, 1.54) is 0 Å². The van der Waals surface area contributed by atoms with E-state index in [4.69, 9.17) is 0 Å². The first-order valence-corrected chi connectivity index (χ1v) is 5.49. The zero-order valence-corrected chi connectivity index (χ0v) is 10.3. The third-order valence-electron chi connectivity index (χ3n) is 4.10. The Morgan fingerprint density at radius 2 is 1.53 bits per heavy atom. The van der Waals surface area contributed by atoms with Gasteiger partial charge in [0.1, 0.15) is 11.6 Å². The van der Waals surface area contributed by atoms with E-state index < -0.39 is 22.5 Å². The summed E-state index contributed by atoms with van der Waals surface area (Å²) in [7, 11) is 0. The van der Waals surface area contributed by atoms with Gasteiger partial charge in [0.15, 0.2) is 0 Å². The highest BCUT2D eigenvalue weighted by atomic mass is 19.1. The number of halogens is 2. The molecule has 1 N–H and O–H groups in total. The van der Waals surface area contributed by atoms with Gasteiger partial charge in [0.05, 0.1) is 11.1 Å². The molecule has 0 fully saturated rings. The van der Waals surface area contributed by atoms with E-state index in [0.717, 1.165) is 12.1 Å². The van der Waals surface area contributed by atoms with Crippen LogP contribution in [0.2, 0.25) is 0 Å². The lowest BCUT2D eigenvalue weighted by atomic mass is 9.61. The summed E-state index contributed by atoms with van der Waals surface area (Å²) in [6, 6.07) is 2.13. The molecule has 0 radical (unpaired) electrons. The smallest absolute Gasteiger partial charge is 0.231 e. The van der Waals surface area contributed by atoms with Crippen LogP contribution in [0.25, 0.3) is 0 Å². The van der Waals surface area contributed by atoms with Crippen LogP contribution in [0.1, 0.15) is 33.3 Å². The molecule has 0 atom stereocenters.